The van der Waals surface area contributed by atoms with Crippen molar-refractivity contribution in [3.05, 3.63) is 12.3 Å². The van der Waals surface area contributed by atoms with Crippen molar-refractivity contribution in [2.24, 2.45) is 5.73 Å². The Bertz CT molecular complexity index is 155. The molecule has 0 aromatic carbocycles. The lowest BCUT2D eigenvalue weighted by molar-refractivity contribution is -0.0682. The number of allylic oxidation sites excluding steroid dienone is 1. The smallest absolute Gasteiger partial charge is 0.407 e. The van der Waals surface area contributed by atoms with Crippen LogP contribution in [0.4, 0.5) is 4.79 Å². The third-order valence-corrected chi connectivity index (χ3v) is 1.14. The van der Waals surface area contributed by atoms with Gasteiger partial charge in [-0.25, -0.2) is 4.79 Å². The molecule has 1 amide bonds. The number of hydrogen-bond acceptors (Lipinski definition) is 3. The number of carbonyl (C=O) groups excluding carboxylic acids is 1. The molecule has 1 aliphatic heterocycles. The van der Waals surface area contributed by atoms with Crippen LogP contribution in [0.1, 0.15) is 12.8 Å². The molecule has 0 radical (unpaired) electrons. The molecule has 0 aliphatic carbocycles. The van der Waals surface area contributed by atoms with Crippen LogP contribution in [0.5, 0.6) is 0 Å². The molecule has 1 unspecified atom stereocenters. The summed E-state index contributed by atoms with van der Waals surface area (Å²) >= 11 is 0. The number of amides is 1. The summed E-state index contributed by atoms with van der Waals surface area (Å²) in [6.45, 7) is 0. The van der Waals surface area contributed by atoms with Gasteiger partial charge in [0.2, 0.25) is 6.29 Å². The lowest BCUT2D eigenvalue weighted by Gasteiger charge is -2.17. The van der Waals surface area contributed by atoms with E-state index >= 15 is 0 Å². The molecule has 0 saturated carbocycles. The molecule has 1 aliphatic rings. The highest BCUT2D eigenvalue weighted by Crippen LogP contribution is 2.10. The van der Waals surface area contributed by atoms with E-state index < -0.39 is 12.4 Å². The molecule has 0 fully saturated rings. The van der Waals surface area contributed by atoms with Crippen molar-refractivity contribution >= 4 is 6.09 Å². The molecule has 10 heavy (non-hydrogen) atoms. The van der Waals surface area contributed by atoms with Gasteiger partial charge in [-0.15, -0.1) is 0 Å². The van der Waals surface area contributed by atoms with Crippen molar-refractivity contribution < 1.29 is 14.3 Å². The topological polar surface area (TPSA) is 61.6 Å². The molecule has 0 saturated heterocycles. The van der Waals surface area contributed by atoms with E-state index in [2.05, 4.69) is 4.74 Å². The molecule has 1 atom stereocenters. The highest BCUT2D eigenvalue weighted by Gasteiger charge is 2.12. The minimum atomic E-state index is -0.791. The molecule has 1 rings (SSSR count). The van der Waals surface area contributed by atoms with Gasteiger partial charge in [-0.2, -0.15) is 0 Å². The normalized spacial score (nSPS) is 23.4. The minimum absolute atomic E-state index is 0.484. The zero-order chi connectivity index (χ0) is 7.40. The van der Waals surface area contributed by atoms with Crippen LogP contribution in [-0.4, -0.2) is 12.4 Å². The van der Waals surface area contributed by atoms with Crippen molar-refractivity contribution in [3.63, 3.8) is 0 Å². The maximum Gasteiger partial charge on any atom is 0.407 e. The number of rotatable bonds is 1. The summed E-state index contributed by atoms with van der Waals surface area (Å²) in [7, 11) is 0. The Morgan fingerprint density at radius 3 is 3.10 bits per heavy atom. The van der Waals surface area contributed by atoms with Gasteiger partial charge in [0.15, 0.2) is 0 Å². The Kier molecular flexibility index (Phi) is 2.15. The zero-order valence-corrected chi connectivity index (χ0v) is 5.45. The summed E-state index contributed by atoms with van der Waals surface area (Å²) in [4.78, 5) is 10.2. The van der Waals surface area contributed by atoms with E-state index in [0.717, 1.165) is 6.42 Å². The second-order valence-electron chi connectivity index (χ2n) is 1.95. The third kappa shape index (κ3) is 1.97. The first kappa shape index (κ1) is 6.92. The molecule has 0 aromatic rings. The van der Waals surface area contributed by atoms with E-state index in [4.69, 9.17) is 10.5 Å². The van der Waals surface area contributed by atoms with Crippen LogP contribution in [0.25, 0.3) is 0 Å². The van der Waals surface area contributed by atoms with E-state index in [1.54, 1.807) is 0 Å². The van der Waals surface area contributed by atoms with Gasteiger partial charge in [-0.3, -0.25) is 0 Å². The number of nitrogens with two attached hydrogens (primary N) is 1. The van der Waals surface area contributed by atoms with Crippen LogP contribution >= 0.6 is 0 Å². The highest BCUT2D eigenvalue weighted by atomic mass is 16.7. The van der Waals surface area contributed by atoms with Crippen molar-refractivity contribution in [1.29, 1.82) is 0 Å². The predicted octanol–water partition coefficient (Wildman–Crippen LogP) is 0.732. The summed E-state index contributed by atoms with van der Waals surface area (Å²) in [6, 6.07) is 0. The quantitative estimate of drug-likeness (QED) is 0.588. The van der Waals surface area contributed by atoms with Crippen LogP contribution in [-0.2, 0) is 9.47 Å². The van der Waals surface area contributed by atoms with Gasteiger partial charge in [-0.05, 0) is 12.5 Å². The Morgan fingerprint density at radius 2 is 2.60 bits per heavy atom. The molecule has 4 nitrogen and oxygen atoms in total. The third-order valence-electron chi connectivity index (χ3n) is 1.14. The van der Waals surface area contributed by atoms with Gasteiger partial charge in [0.1, 0.15) is 0 Å². The van der Waals surface area contributed by atoms with Crippen LogP contribution in [0, 0.1) is 0 Å². The summed E-state index contributed by atoms with van der Waals surface area (Å²) in [6.07, 6.45) is 3.64. The van der Waals surface area contributed by atoms with Crippen LogP contribution in [0.2, 0.25) is 0 Å². The maximum atomic E-state index is 10.2. The predicted molar refractivity (Wildman–Crippen MR) is 33.9 cm³/mol. The Hall–Kier alpha value is -1.19. The molecular formula is C6H9NO3. The Labute approximate surface area is 58.6 Å². The van der Waals surface area contributed by atoms with E-state index in [0.29, 0.717) is 6.42 Å². The van der Waals surface area contributed by atoms with Crippen molar-refractivity contribution in [1.82, 2.24) is 0 Å². The molecular weight excluding hydrogens is 134 g/mol. The van der Waals surface area contributed by atoms with Crippen LogP contribution in [0.15, 0.2) is 12.3 Å². The zero-order valence-electron chi connectivity index (χ0n) is 5.45. The lowest BCUT2D eigenvalue weighted by Crippen LogP contribution is -2.24. The SMILES string of the molecule is NC(=O)OC1CCC=CO1. The molecule has 4 heteroatoms. The number of hydrogen-bond donors (Lipinski definition) is 1. The summed E-state index contributed by atoms with van der Waals surface area (Å²) < 4.78 is 9.44. The van der Waals surface area contributed by atoms with E-state index in [-0.39, 0.29) is 0 Å². The molecule has 0 aromatic heterocycles. The fourth-order valence-electron chi connectivity index (χ4n) is 0.728. The number of ether oxygens (including phenoxy) is 2. The maximum absolute atomic E-state index is 10.2. The molecule has 56 valence electrons. The average Bonchev–Trinajstić information content (AvgIpc) is 1.88. The summed E-state index contributed by atoms with van der Waals surface area (Å²) in [5.74, 6) is 0. The fourth-order valence-corrected chi connectivity index (χ4v) is 0.728. The molecule has 2 N–H and O–H groups in total. The van der Waals surface area contributed by atoms with E-state index in [9.17, 15) is 4.79 Å². The minimum Gasteiger partial charge on any atom is -0.463 e. The average molecular weight is 143 g/mol. The van der Waals surface area contributed by atoms with Crippen molar-refractivity contribution in [2.45, 2.75) is 19.1 Å². The van der Waals surface area contributed by atoms with Gasteiger partial charge in [-0.1, -0.05) is 0 Å². The van der Waals surface area contributed by atoms with E-state index in [1.165, 1.54) is 6.26 Å². The lowest BCUT2D eigenvalue weighted by atomic mass is 10.3. The second-order valence-corrected chi connectivity index (χ2v) is 1.95. The molecule has 1 heterocycles. The van der Waals surface area contributed by atoms with Crippen molar-refractivity contribution in [3.8, 4) is 0 Å². The first-order valence-corrected chi connectivity index (χ1v) is 3.05. The van der Waals surface area contributed by atoms with Gasteiger partial charge in [0, 0.05) is 6.42 Å². The Balaban J connectivity index is 2.28. The molecule has 0 spiro atoms. The number of carbonyl (C=O) groups is 1. The summed E-state index contributed by atoms with van der Waals surface area (Å²) in [5, 5.41) is 0. The number of primary amides is 1. The highest BCUT2D eigenvalue weighted by molar-refractivity contribution is 5.64. The van der Waals surface area contributed by atoms with Crippen LogP contribution < -0.4 is 5.73 Å². The monoisotopic (exact) mass is 143 g/mol. The standard InChI is InChI=1S/C6H9NO3/c7-6(8)10-5-3-1-2-4-9-5/h2,4-5H,1,3H2,(H2,7,8). The van der Waals surface area contributed by atoms with E-state index in [1.807, 2.05) is 6.08 Å². The van der Waals surface area contributed by atoms with Crippen molar-refractivity contribution in [2.75, 3.05) is 0 Å². The Morgan fingerprint density at radius 1 is 1.80 bits per heavy atom. The second kappa shape index (κ2) is 3.10. The largest absolute Gasteiger partial charge is 0.463 e. The van der Waals surface area contributed by atoms with Gasteiger partial charge < -0.3 is 15.2 Å². The first-order valence-electron chi connectivity index (χ1n) is 3.05. The first-order chi connectivity index (χ1) is 4.79. The van der Waals surface area contributed by atoms with Crippen LogP contribution in [0.3, 0.4) is 0 Å². The fraction of sp³-hybridized carbons (Fsp3) is 0.500. The van der Waals surface area contributed by atoms with Gasteiger partial charge in [0.05, 0.1) is 6.26 Å². The summed E-state index contributed by atoms with van der Waals surface area (Å²) in [5.41, 5.74) is 4.76. The van der Waals surface area contributed by atoms with Gasteiger partial charge in [0.25, 0.3) is 0 Å². The van der Waals surface area contributed by atoms with Gasteiger partial charge >= 0.3 is 6.09 Å². The molecule has 0 bridgehead atoms.